The van der Waals surface area contributed by atoms with E-state index in [9.17, 15) is 4.39 Å². The second kappa shape index (κ2) is 14.6. The Hall–Kier alpha value is -3.77. The number of hydroxylamine groups is 1. The molecule has 0 aliphatic carbocycles. The highest BCUT2D eigenvalue weighted by Crippen LogP contribution is 2.23. The SMILES string of the molecule is COC(=NCCCCC#N)N(C)c1ccc(COc2cc(F)cc(ONC=C3CCOCC3)c2)cc1. The van der Waals surface area contributed by atoms with E-state index < -0.39 is 5.82 Å². The summed E-state index contributed by atoms with van der Waals surface area (Å²) in [7, 11) is 3.46. The maximum atomic E-state index is 14.1. The van der Waals surface area contributed by atoms with E-state index in [0.717, 1.165) is 36.9 Å². The third kappa shape index (κ3) is 8.78. The molecule has 0 saturated carbocycles. The number of anilines is 1. The molecule has 1 fully saturated rings. The Morgan fingerprint density at radius 1 is 1.17 bits per heavy atom. The first kappa shape index (κ1) is 26.8. The zero-order chi connectivity index (χ0) is 25.6. The average molecular weight is 497 g/mol. The number of nitriles is 1. The second-order valence-corrected chi connectivity index (χ2v) is 8.26. The van der Waals surface area contributed by atoms with Crippen LogP contribution in [0.25, 0.3) is 0 Å². The number of hydrogen-bond donors (Lipinski definition) is 1. The van der Waals surface area contributed by atoms with Gasteiger partial charge < -0.3 is 19.0 Å². The van der Waals surface area contributed by atoms with Gasteiger partial charge in [-0.25, -0.2) is 14.9 Å². The van der Waals surface area contributed by atoms with Crippen molar-refractivity contribution < 1.29 is 23.4 Å². The largest absolute Gasteiger partial charge is 0.489 e. The van der Waals surface area contributed by atoms with Crippen molar-refractivity contribution in [2.75, 3.05) is 38.8 Å². The van der Waals surface area contributed by atoms with Crippen LogP contribution in [0.15, 0.2) is 59.2 Å². The first-order valence-electron chi connectivity index (χ1n) is 12.0. The maximum absolute atomic E-state index is 14.1. The molecule has 9 heteroatoms. The Kier molecular flexibility index (Phi) is 10.9. The van der Waals surface area contributed by atoms with Crippen LogP contribution < -0.4 is 20.0 Å². The molecule has 0 radical (unpaired) electrons. The minimum absolute atomic E-state index is 0.272. The number of halogens is 1. The molecule has 1 aliphatic heterocycles. The third-order valence-corrected chi connectivity index (χ3v) is 5.56. The topological polar surface area (TPSA) is 88.3 Å². The minimum atomic E-state index is -0.445. The molecule has 192 valence electrons. The molecular weight excluding hydrogens is 463 g/mol. The number of methoxy groups -OCH3 is 1. The number of aliphatic imine (C=N–C) groups is 1. The summed E-state index contributed by atoms with van der Waals surface area (Å²) in [5, 5.41) is 8.62. The smallest absolute Gasteiger partial charge is 0.291 e. The Morgan fingerprint density at radius 2 is 1.92 bits per heavy atom. The molecule has 1 saturated heterocycles. The predicted molar refractivity (Wildman–Crippen MR) is 136 cm³/mol. The van der Waals surface area contributed by atoms with Crippen LogP contribution in [0.3, 0.4) is 0 Å². The first-order valence-corrected chi connectivity index (χ1v) is 12.0. The van der Waals surface area contributed by atoms with E-state index in [2.05, 4.69) is 16.5 Å². The Balaban J connectivity index is 1.52. The van der Waals surface area contributed by atoms with Crippen LogP contribution in [-0.4, -0.2) is 39.9 Å². The summed E-state index contributed by atoms with van der Waals surface area (Å²) >= 11 is 0. The van der Waals surface area contributed by atoms with Gasteiger partial charge in [-0.1, -0.05) is 12.1 Å². The van der Waals surface area contributed by atoms with Crippen LogP contribution in [0.1, 0.15) is 37.7 Å². The summed E-state index contributed by atoms with van der Waals surface area (Å²) in [6, 6.07) is 14.6. The second-order valence-electron chi connectivity index (χ2n) is 8.26. The van der Waals surface area contributed by atoms with Crippen molar-refractivity contribution in [2.24, 2.45) is 4.99 Å². The number of amidine groups is 1. The van der Waals surface area contributed by atoms with Gasteiger partial charge in [-0.2, -0.15) is 5.26 Å². The van der Waals surface area contributed by atoms with Gasteiger partial charge in [-0.15, -0.1) is 0 Å². The standard InChI is InChI=1S/C27H33FN4O4/c1-32(27(33-2)30-13-5-3-4-12-29)24-8-6-22(7-9-24)20-35-25-16-23(28)17-26(18-25)36-31-19-21-10-14-34-15-11-21/h6-9,16-19,31H,3-5,10-11,13-15,20H2,1-2H3. The quantitative estimate of drug-likeness (QED) is 0.200. The van der Waals surface area contributed by atoms with E-state index in [-0.39, 0.29) is 6.61 Å². The molecule has 0 unspecified atom stereocenters. The fourth-order valence-electron chi connectivity index (χ4n) is 3.53. The number of benzene rings is 2. The monoisotopic (exact) mass is 496 g/mol. The van der Waals surface area contributed by atoms with Crippen molar-refractivity contribution in [3.05, 3.63) is 65.6 Å². The molecule has 1 N–H and O–H groups in total. The number of nitrogens with one attached hydrogen (secondary N) is 1. The lowest BCUT2D eigenvalue weighted by Gasteiger charge is -2.20. The van der Waals surface area contributed by atoms with Gasteiger partial charge in [0.2, 0.25) is 0 Å². The molecule has 36 heavy (non-hydrogen) atoms. The van der Waals surface area contributed by atoms with Crippen LogP contribution >= 0.6 is 0 Å². The highest BCUT2D eigenvalue weighted by molar-refractivity contribution is 5.91. The minimum Gasteiger partial charge on any atom is -0.489 e. The Bertz CT molecular complexity index is 1060. The molecule has 0 bridgehead atoms. The lowest BCUT2D eigenvalue weighted by molar-refractivity contribution is 0.117. The molecule has 8 nitrogen and oxygen atoms in total. The van der Waals surface area contributed by atoms with E-state index in [1.54, 1.807) is 19.4 Å². The van der Waals surface area contributed by atoms with Crippen molar-refractivity contribution in [3.63, 3.8) is 0 Å². The lowest BCUT2D eigenvalue weighted by atomic mass is 10.1. The van der Waals surface area contributed by atoms with Crippen molar-refractivity contribution in [1.29, 1.82) is 5.26 Å². The average Bonchev–Trinajstić information content (AvgIpc) is 2.90. The van der Waals surface area contributed by atoms with Gasteiger partial charge in [0.15, 0.2) is 5.75 Å². The molecular formula is C27H33FN4O4. The van der Waals surface area contributed by atoms with E-state index in [0.29, 0.717) is 43.7 Å². The Labute approximate surface area is 211 Å². The zero-order valence-electron chi connectivity index (χ0n) is 20.8. The fourth-order valence-corrected chi connectivity index (χ4v) is 3.53. The van der Waals surface area contributed by atoms with Crippen molar-refractivity contribution in [2.45, 2.75) is 38.7 Å². The first-order chi connectivity index (χ1) is 17.6. The predicted octanol–water partition coefficient (Wildman–Crippen LogP) is 5.11. The molecule has 1 aliphatic rings. The third-order valence-electron chi connectivity index (χ3n) is 5.56. The number of unbranched alkanes of at least 4 members (excludes halogenated alkanes) is 2. The molecule has 0 atom stereocenters. The number of nitrogens with zero attached hydrogens (tertiary/aromatic N) is 3. The highest BCUT2D eigenvalue weighted by atomic mass is 19.1. The van der Waals surface area contributed by atoms with Crippen LogP contribution in [0.5, 0.6) is 11.5 Å². The summed E-state index contributed by atoms with van der Waals surface area (Å²) in [5.41, 5.74) is 5.80. The summed E-state index contributed by atoms with van der Waals surface area (Å²) in [6.07, 6.45) is 5.68. The summed E-state index contributed by atoms with van der Waals surface area (Å²) in [5.74, 6) is 0.251. The van der Waals surface area contributed by atoms with Gasteiger partial charge in [-0.3, -0.25) is 4.90 Å². The normalized spacial score (nSPS) is 13.5. The summed E-state index contributed by atoms with van der Waals surface area (Å²) in [4.78, 5) is 11.8. The van der Waals surface area contributed by atoms with Gasteiger partial charge in [0, 0.05) is 50.1 Å². The molecule has 3 rings (SSSR count). The van der Waals surface area contributed by atoms with Gasteiger partial charge in [0.25, 0.3) is 6.02 Å². The van der Waals surface area contributed by atoms with Crippen LogP contribution in [0.4, 0.5) is 10.1 Å². The van der Waals surface area contributed by atoms with E-state index in [1.807, 2.05) is 36.2 Å². The van der Waals surface area contributed by atoms with E-state index in [1.165, 1.54) is 17.7 Å². The van der Waals surface area contributed by atoms with Crippen LogP contribution in [0, 0.1) is 17.1 Å². The Morgan fingerprint density at radius 3 is 2.64 bits per heavy atom. The number of hydrogen-bond acceptors (Lipinski definition) is 7. The molecule has 0 amide bonds. The van der Waals surface area contributed by atoms with Crippen molar-refractivity contribution in [1.82, 2.24) is 5.48 Å². The van der Waals surface area contributed by atoms with Gasteiger partial charge >= 0.3 is 0 Å². The van der Waals surface area contributed by atoms with Crippen molar-refractivity contribution in [3.8, 4) is 17.6 Å². The fraction of sp³-hybridized carbons (Fsp3) is 0.407. The van der Waals surface area contributed by atoms with Crippen LogP contribution in [0.2, 0.25) is 0 Å². The van der Waals surface area contributed by atoms with Gasteiger partial charge in [-0.05, 0) is 49.0 Å². The molecule has 2 aromatic rings. The molecule has 0 spiro atoms. The molecule has 2 aromatic carbocycles. The van der Waals surface area contributed by atoms with E-state index >= 15 is 0 Å². The van der Waals surface area contributed by atoms with Crippen molar-refractivity contribution >= 4 is 11.7 Å². The lowest BCUT2D eigenvalue weighted by Crippen LogP contribution is -2.28. The summed E-state index contributed by atoms with van der Waals surface area (Å²) < 4.78 is 30.6. The highest BCUT2D eigenvalue weighted by Gasteiger charge is 2.10. The summed E-state index contributed by atoms with van der Waals surface area (Å²) in [6.45, 7) is 2.28. The molecule has 0 aromatic heterocycles. The maximum Gasteiger partial charge on any atom is 0.291 e. The molecule has 1 heterocycles. The van der Waals surface area contributed by atoms with E-state index in [4.69, 9.17) is 24.3 Å². The van der Waals surface area contributed by atoms with Gasteiger partial charge in [0.05, 0.1) is 26.4 Å². The zero-order valence-corrected chi connectivity index (χ0v) is 20.8. The number of rotatable bonds is 11. The number of ether oxygens (including phenoxy) is 3. The van der Waals surface area contributed by atoms with Crippen LogP contribution in [-0.2, 0) is 16.1 Å². The van der Waals surface area contributed by atoms with Gasteiger partial charge in [0.1, 0.15) is 18.2 Å².